The minimum Gasteiger partial charge on any atom is -0.463 e. The van der Waals surface area contributed by atoms with Gasteiger partial charge in [0.05, 0.1) is 7.11 Å². The smallest absolute Gasteiger partial charge is 0.373 e. The van der Waals surface area contributed by atoms with Crippen LogP contribution in [0.3, 0.4) is 0 Å². The van der Waals surface area contributed by atoms with Crippen LogP contribution in [-0.4, -0.2) is 18.2 Å². The van der Waals surface area contributed by atoms with Crippen LogP contribution in [-0.2, 0) is 4.74 Å². The van der Waals surface area contributed by atoms with Crippen LogP contribution in [0.15, 0.2) is 45.2 Å². The van der Waals surface area contributed by atoms with Crippen molar-refractivity contribution in [3.8, 4) is 0 Å². The van der Waals surface area contributed by atoms with Crippen LogP contribution in [0.1, 0.15) is 33.7 Å². The summed E-state index contributed by atoms with van der Waals surface area (Å²) in [4.78, 5) is 11.3. The fraction of sp³-hybridized carbons (Fsp3) is 0.188. The zero-order valence-electron chi connectivity index (χ0n) is 11.6. The van der Waals surface area contributed by atoms with E-state index in [1.807, 2.05) is 25.1 Å². The van der Waals surface area contributed by atoms with E-state index in [9.17, 15) is 9.90 Å². The number of aliphatic hydroxyl groups is 1. The Morgan fingerprint density at radius 1 is 1.14 bits per heavy atom. The average Bonchev–Trinajstić information content (AvgIpc) is 3.11. The molecule has 1 N–H and O–H groups in total. The fourth-order valence-corrected chi connectivity index (χ4v) is 2.17. The highest BCUT2D eigenvalue weighted by atomic mass is 16.5. The molecule has 5 heteroatoms. The van der Waals surface area contributed by atoms with E-state index in [0.29, 0.717) is 11.3 Å². The Balaban J connectivity index is 1.94. The molecule has 0 saturated heterocycles. The summed E-state index contributed by atoms with van der Waals surface area (Å²) in [5.41, 5.74) is 1.80. The van der Waals surface area contributed by atoms with Crippen LogP contribution in [0.2, 0.25) is 0 Å². The second-order valence-electron chi connectivity index (χ2n) is 4.79. The molecule has 0 saturated carbocycles. The second kappa shape index (κ2) is 5.10. The van der Waals surface area contributed by atoms with Gasteiger partial charge in [-0.3, -0.25) is 0 Å². The van der Waals surface area contributed by atoms with E-state index in [-0.39, 0.29) is 11.5 Å². The van der Waals surface area contributed by atoms with E-state index in [1.54, 1.807) is 6.07 Å². The second-order valence-corrected chi connectivity index (χ2v) is 4.79. The van der Waals surface area contributed by atoms with E-state index < -0.39 is 12.1 Å². The van der Waals surface area contributed by atoms with Crippen LogP contribution >= 0.6 is 0 Å². The van der Waals surface area contributed by atoms with E-state index in [4.69, 9.17) is 8.83 Å². The molecular weight excluding hydrogens is 272 g/mol. The summed E-state index contributed by atoms with van der Waals surface area (Å²) in [6.45, 7) is 1.98. The Morgan fingerprint density at radius 2 is 1.95 bits per heavy atom. The number of methoxy groups -OCH3 is 1. The van der Waals surface area contributed by atoms with Crippen LogP contribution in [0.4, 0.5) is 0 Å². The van der Waals surface area contributed by atoms with Crippen LogP contribution in [0, 0.1) is 6.92 Å². The first-order valence-corrected chi connectivity index (χ1v) is 6.44. The predicted octanol–water partition coefficient (Wildman–Crippen LogP) is 3.20. The molecule has 0 aliphatic heterocycles. The maximum Gasteiger partial charge on any atom is 0.373 e. The molecule has 0 aliphatic carbocycles. The molecule has 3 aromatic rings. The number of furan rings is 2. The summed E-state index contributed by atoms with van der Waals surface area (Å²) in [5, 5.41) is 11.2. The SMILES string of the molecule is COC(=O)c1ccc(C(O)c2cc3cc(C)ccc3o2)o1. The number of fused-ring (bicyclic) bond motifs is 1. The van der Waals surface area contributed by atoms with Crippen LogP contribution < -0.4 is 0 Å². The Hall–Kier alpha value is -2.53. The third-order valence-electron chi connectivity index (χ3n) is 3.24. The molecule has 1 unspecified atom stereocenters. The first-order chi connectivity index (χ1) is 10.1. The van der Waals surface area contributed by atoms with Gasteiger partial charge < -0.3 is 18.7 Å². The summed E-state index contributed by atoms with van der Waals surface area (Å²) >= 11 is 0. The largest absolute Gasteiger partial charge is 0.463 e. The lowest BCUT2D eigenvalue weighted by Gasteiger charge is -2.03. The molecule has 0 bridgehead atoms. The summed E-state index contributed by atoms with van der Waals surface area (Å²) in [5.74, 6) is 0.0414. The molecule has 0 spiro atoms. The van der Waals surface area contributed by atoms with E-state index in [1.165, 1.54) is 19.2 Å². The van der Waals surface area contributed by atoms with Gasteiger partial charge in [-0.25, -0.2) is 4.79 Å². The third kappa shape index (κ3) is 2.43. The topological polar surface area (TPSA) is 72.8 Å². The monoisotopic (exact) mass is 286 g/mol. The standard InChI is InChI=1S/C16H14O5/c1-9-3-4-11-10(7-9)8-14(20-11)15(17)12-5-6-13(21-12)16(18)19-2/h3-8,15,17H,1-2H3. The molecule has 1 atom stereocenters. The van der Waals surface area contributed by atoms with Gasteiger partial charge in [0, 0.05) is 5.39 Å². The minimum atomic E-state index is -1.07. The van der Waals surface area contributed by atoms with Crippen molar-refractivity contribution in [2.45, 2.75) is 13.0 Å². The molecule has 108 valence electrons. The van der Waals surface area contributed by atoms with E-state index in [0.717, 1.165) is 10.9 Å². The van der Waals surface area contributed by atoms with Crippen molar-refractivity contribution in [3.63, 3.8) is 0 Å². The summed E-state index contributed by atoms with van der Waals surface area (Å²) in [6, 6.07) is 10.5. The fourth-order valence-electron chi connectivity index (χ4n) is 2.17. The predicted molar refractivity (Wildman–Crippen MR) is 75.1 cm³/mol. The van der Waals surface area contributed by atoms with Crippen LogP contribution in [0.25, 0.3) is 11.0 Å². The number of rotatable bonds is 3. The molecule has 0 aliphatic rings. The van der Waals surface area contributed by atoms with Gasteiger partial charge in [-0.05, 0) is 37.3 Å². The van der Waals surface area contributed by atoms with Gasteiger partial charge in [0.15, 0.2) is 6.10 Å². The van der Waals surface area contributed by atoms with Crippen molar-refractivity contribution in [2.75, 3.05) is 7.11 Å². The van der Waals surface area contributed by atoms with Gasteiger partial charge in [-0.1, -0.05) is 11.6 Å². The maximum atomic E-state index is 11.3. The van der Waals surface area contributed by atoms with E-state index >= 15 is 0 Å². The lowest BCUT2D eigenvalue weighted by atomic mass is 10.1. The number of hydrogen-bond acceptors (Lipinski definition) is 5. The molecule has 0 fully saturated rings. The van der Waals surface area contributed by atoms with Gasteiger partial charge in [-0.2, -0.15) is 0 Å². The van der Waals surface area contributed by atoms with Gasteiger partial charge >= 0.3 is 5.97 Å². The van der Waals surface area contributed by atoms with Crippen molar-refractivity contribution in [1.29, 1.82) is 0 Å². The lowest BCUT2D eigenvalue weighted by molar-refractivity contribution is 0.0556. The number of esters is 1. The third-order valence-corrected chi connectivity index (χ3v) is 3.24. The lowest BCUT2D eigenvalue weighted by Crippen LogP contribution is -1.99. The molecule has 0 radical (unpaired) electrons. The van der Waals surface area contributed by atoms with Gasteiger partial charge in [0.25, 0.3) is 0 Å². The first kappa shape index (κ1) is 13.5. The quantitative estimate of drug-likeness (QED) is 0.748. The number of aryl methyl sites for hydroxylation is 1. The molecule has 2 heterocycles. The molecule has 21 heavy (non-hydrogen) atoms. The normalized spacial score (nSPS) is 12.5. The minimum absolute atomic E-state index is 0.0403. The Bertz CT molecular complexity index is 796. The van der Waals surface area contributed by atoms with Crippen molar-refractivity contribution >= 4 is 16.9 Å². The average molecular weight is 286 g/mol. The van der Waals surface area contributed by atoms with Crippen molar-refractivity contribution in [3.05, 3.63) is 59.2 Å². The summed E-state index contributed by atoms with van der Waals surface area (Å²) in [6.07, 6.45) is -1.07. The number of carbonyl (C=O) groups excluding carboxylic acids is 1. The highest BCUT2D eigenvalue weighted by molar-refractivity contribution is 5.86. The Labute approximate surface area is 120 Å². The molecule has 0 amide bonds. The zero-order chi connectivity index (χ0) is 15.0. The summed E-state index contributed by atoms with van der Waals surface area (Å²) < 4.78 is 15.5. The zero-order valence-corrected chi connectivity index (χ0v) is 11.6. The molecule has 5 nitrogen and oxygen atoms in total. The highest BCUT2D eigenvalue weighted by Gasteiger charge is 2.21. The summed E-state index contributed by atoms with van der Waals surface area (Å²) in [7, 11) is 1.27. The van der Waals surface area contributed by atoms with E-state index in [2.05, 4.69) is 4.74 Å². The van der Waals surface area contributed by atoms with Gasteiger partial charge in [0.2, 0.25) is 5.76 Å². The maximum absolute atomic E-state index is 11.3. The van der Waals surface area contributed by atoms with Gasteiger partial charge in [-0.15, -0.1) is 0 Å². The van der Waals surface area contributed by atoms with Crippen molar-refractivity contribution < 1.29 is 23.5 Å². The number of carbonyl (C=O) groups is 1. The molecular formula is C16H14O5. The highest BCUT2D eigenvalue weighted by Crippen LogP contribution is 2.29. The van der Waals surface area contributed by atoms with Gasteiger partial charge in [0.1, 0.15) is 17.1 Å². The number of aliphatic hydroxyl groups excluding tert-OH is 1. The Morgan fingerprint density at radius 3 is 2.71 bits per heavy atom. The molecule has 1 aromatic carbocycles. The first-order valence-electron chi connectivity index (χ1n) is 6.44. The molecule has 2 aromatic heterocycles. The van der Waals surface area contributed by atoms with Crippen LogP contribution in [0.5, 0.6) is 0 Å². The van der Waals surface area contributed by atoms with Crippen molar-refractivity contribution in [1.82, 2.24) is 0 Å². The molecule has 3 rings (SSSR count). The number of ether oxygens (including phenoxy) is 1. The number of hydrogen-bond donors (Lipinski definition) is 1. The number of benzene rings is 1. The Kier molecular flexibility index (Phi) is 3.27. The van der Waals surface area contributed by atoms with Crippen molar-refractivity contribution in [2.24, 2.45) is 0 Å².